The molecule has 2 aromatic rings. The number of nitrogens with two attached hydrogens (primary N) is 1. The van der Waals surface area contributed by atoms with Crippen molar-refractivity contribution in [1.82, 2.24) is 4.98 Å². The lowest BCUT2D eigenvalue weighted by Gasteiger charge is -2.61. The molecule has 0 radical (unpaired) electrons. The fourth-order valence-corrected chi connectivity index (χ4v) is 5.00. The highest BCUT2D eigenvalue weighted by atomic mass is 19.3. The van der Waals surface area contributed by atoms with Crippen LogP contribution < -0.4 is 15.2 Å². The van der Waals surface area contributed by atoms with Crippen molar-refractivity contribution >= 4 is 11.8 Å². The molecule has 3 aliphatic heterocycles. The Labute approximate surface area is 195 Å². The first-order valence-corrected chi connectivity index (χ1v) is 10.9. The number of fused-ring (bicyclic) bond motifs is 3. The lowest BCUT2D eigenvalue weighted by Crippen LogP contribution is -2.71. The minimum absolute atomic E-state index is 0.0839. The van der Waals surface area contributed by atoms with Crippen molar-refractivity contribution in [1.29, 1.82) is 0 Å². The van der Waals surface area contributed by atoms with E-state index in [1.807, 2.05) is 32.0 Å². The van der Waals surface area contributed by atoms with Crippen LogP contribution in [-0.2, 0) is 21.4 Å². The van der Waals surface area contributed by atoms with Gasteiger partial charge in [-0.25, -0.2) is 18.8 Å². The minimum Gasteiger partial charge on any atom is -0.487 e. The first kappa shape index (κ1) is 22.5. The zero-order valence-corrected chi connectivity index (χ0v) is 18.8. The lowest BCUT2D eigenvalue weighted by molar-refractivity contribution is -0.247. The van der Waals surface area contributed by atoms with Crippen LogP contribution in [0.4, 0.5) is 8.78 Å². The van der Waals surface area contributed by atoms with E-state index < -0.39 is 29.6 Å². The summed E-state index contributed by atoms with van der Waals surface area (Å²) in [6.45, 7) is 4.47. The minimum atomic E-state index is -2.58. The SMILES string of the molecule is CC1(C)Oc2ccc(CC(=O)c3ccc(OCC(F)F)cn3)cc2C2(COC(N)=N2)C12COC2. The number of benzene rings is 1. The summed E-state index contributed by atoms with van der Waals surface area (Å²) in [5, 5.41) is 0. The summed E-state index contributed by atoms with van der Waals surface area (Å²) < 4.78 is 47.2. The summed E-state index contributed by atoms with van der Waals surface area (Å²) in [6, 6.07) is 8.62. The number of hydrogen-bond donors (Lipinski definition) is 1. The first-order valence-electron chi connectivity index (χ1n) is 10.9. The highest BCUT2D eigenvalue weighted by molar-refractivity contribution is 5.95. The number of ketones is 1. The van der Waals surface area contributed by atoms with Crippen molar-refractivity contribution < 1.29 is 32.5 Å². The maximum absolute atomic E-state index is 12.9. The van der Waals surface area contributed by atoms with Crippen molar-refractivity contribution in [2.45, 2.75) is 37.8 Å². The predicted molar refractivity (Wildman–Crippen MR) is 117 cm³/mol. The van der Waals surface area contributed by atoms with Gasteiger partial charge in [-0.15, -0.1) is 0 Å². The molecule has 34 heavy (non-hydrogen) atoms. The maximum Gasteiger partial charge on any atom is 0.283 e. The molecule has 1 aromatic heterocycles. The molecule has 1 saturated heterocycles. The molecule has 4 heterocycles. The number of alkyl halides is 2. The highest BCUT2D eigenvalue weighted by Gasteiger charge is 2.71. The standard InChI is InChI=1S/C24H25F2N3O5/c1-22(2)23(11-31-12-23)24(13-33-21(27)29-24)16-7-14(3-6-19(16)34-22)8-18(30)17-5-4-15(9-28-17)32-10-20(25)26/h3-7,9,20H,8,10-13H2,1-2H3,(H2,27,29). The molecule has 2 N–H and O–H groups in total. The second kappa shape index (κ2) is 7.90. The van der Waals surface area contributed by atoms with Crippen LogP contribution in [0.25, 0.3) is 0 Å². The number of aromatic nitrogens is 1. The number of nitrogens with zero attached hydrogens (tertiary/aromatic N) is 2. The predicted octanol–water partition coefficient (Wildman–Crippen LogP) is 2.88. The fraction of sp³-hybridized carbons (Fsp3) is 0.458. The molecule has 0 saturated carbocycles. The van der Waals surface area contributed by atoms with E-state index in [0.29, 0.717) is 19.0 Å². The Morgan fingerprint density at radius 3 is 2.59 bits per heavy atom. The third kappa shape index (κ3) is 3.39. The summed E-state index contributed by atoms with van der Waals surface area (Å²) in [7, 11) is 0. The fourth-order valence-electron chi connectivity index (χ4n) is 5.00. The largest absolute Gasteiger partial charge is 0.487 e. The van der Waals surface area contributed by atoms with Crippen molar-refractivity contribution in [3.05, 3.63) is 53.3 Å². The molecule has 0 aliphatic carbocycles. The number of rotatable bonds is 6. The average molecular weight is 473 g/mol. The number of Topliss-reactive ketones (excluding diaryl/α,β-unsaturated/α-hetero) is 1. The van der Waals surface area contributed by atoms with Crippen molar-refractivity contribution in [2.75, 3.05) is 26.4 Å². The number of pyridine rings is 1. The Kier molecular flexibility index (Phi) is 5.23. The molecule has 3 aliphatic rings. The molecule has 1 unspecified atom stereocenters. The number of halogens is 2. The topological polar surface area (TPSA) is 105 Å². The van der Waals surface area contributed by atoms with Gasteiger partial charge in [-0.05, 0) is 43.7 Å². The Balaban J connectivity index is 1.43. The summed E-state index contributed by atoms with van der Waals surface area (Å²) in [6.07, 6.45) is -1.24. The summed E-state index contributed by atoms with van der Waals surface area (Å²) in [5.41, 5.74) is 5.91. The molecule has 8 nitrogen and oxygen atoms in total. The quantitative estimate of drug-likeness (QED) is 0.643. The van der Waals surface area contributed by atoms with Gasteiger partial charge in [-0.3, -0.25) is 4.79 Å². The van der Waals surface area contributed by atoms with E-state index in [1.165, 1.54) is 18.3 Å². The van der Waals surface area contributed by atoms with Gasteiger partial charge in [0, 0.05) is 12.0 Å². The Bertz CT molecular complexity index is 1150. The first-order chi connectivity index (χ1) is 16.2. The number of aliphatic imine (C=N–C) groups is 1. The van der Waals surface area contributed by atoms with Crippen LogP contribution in [0, 0.1) is 5.41 Å². The van der Waals surface area contributed by atoms with Crippen LogP contribution in [0.5, 0.6) is 11.5 Å². The molecule has 1 atom stereocenters. The zero-order chi connectivity index (χ0) is 24.1. The van der Waals surface area contributed by atoms with Gasteiger partial charge in [-0.2, -0.15) is 0 Å². The van der Waals surface area contributed by atoms with E-state index in [1.54, 1.807) is 0 Å². The molecule has 1 aromatic carbocycles. The number of ether oxygens (including phenoxy) is 4. The van der Waals surface area contributed by atoms with Gasteiger partial charge < -0.3 is 24.7 Å². The number of carbonyl (C=O) groups excluding carboxylic acids is 1. The van der Waals surface area contributed by atoms with E-state index >= 15 is 0 Å². The van der Waals surface area contributed by atoms with Crippen LogP contribution in [0.2, 0.25) is 0 Å². The summed E-state index contributed by atoms with van der Waals surface area (Å²) in [4.78, 5) is 21.7. The van der Waals surface area contributed by atoms with Crippen LogP contribution >= 0.6 is 0 Å². The number of hydrogen-bond acceptors (Lipinski definition) is 8. The second-order valence-electron chi connectivity index (χ2n) is 9.30. The molecular weight excluding hydrogens is 448 g/mol. The third-order valence-electron chi connectivity index (χ3n) is 6.99. The highest BCUT2D eigenvalue weighted by Crippen LogP contribution is 2.62. The third-order valence-corrected chi connectivity index (χ3v) is 6.99. The molecule has 10 heteroatoms. The van der Waals surface area contributed by atoms with Crippen LogP contribution in [-0.4, -0.2) is 55.2 Å². The van der Waals surface area contributed by atoms with Gasteiger partial charge in [-0.1, -0.05) is 6.07 Å². The lowest BCUT2D eigenvalue weighted by atomic mass is 9.55. The Morgan fingerprint density at radius 2 is 2.00 bits per heavy atom. The van der Waals surface area contributed by atoms with Crippen LogP contribution in [0.3, 0.4) is 0 Å². The van der Waals surface area contributed by atoms with Gasteiger partial charge in [0.1, 0.15) is 41.5 Å². The van der Waals surface area contributed by atoms with Gasteiger partial charge in [0.05, 0.1) is 24.8 Å². The Hall–Kier alpha value is -3.27. The van der Waals surface area contributed by atoms with Crippen molar-refractivity contribution in [2.24, 2.45) is 16.1 Å². The van der Waals surface area contributed by atoms with E-state index in [2.05, 4.69) is 4.98 Å². The molecular formula is C24H25F2N3O5. The second-order valence-corrected chi connectivity index (χ2v) is 9.30. The van der Waals surface area contributed by atoms with Gasteiger partial charge in [0.2, 0.25) is 0 Å². The normalized spacial score (nSPS) is 23.6. The summed E-state index contributed by atoms with van der Waals surface area (Å²) in [5.74, 6) is 0.621. The monoisotopic (exact) mass is 473 g/mol. The number of carbonyl (C=O) groups is 1. The molecule has 0 amide bonds. The van der Waals surface area contributed by atoms with E-state index in [-0.39, 0.29) is 36.3 Å². The van der Waals surface area contributed by atoms with Crippen LogP contribution in [0.1, 0.15) is 35.5 Å². The number of amidine groups is 1. The van der Waals surface area contributed by atoms with Gasteiger partial charge in [0.25, 0.3) is 12.4 Å². The molecule has 1 fully saturated rings. The molecule has 180 valence electrons. The molecule has 0 bridgehead atoms. The van der Waals surface area contributed by atoms with Crippen molar-refractivity contribution in [3.63, 3.8) is 0 Å². The van der Waals surface area contributed by atoms with E-state index in [0.717, 1.165) is 11.1 Å². The van der Waals surface area contributed by atoms with E-state index in [4.69, 9.17) is 29.7 Å². The van der Waals surface area contributed by atoms with Gasteiger partial charge in [0.15, 0.2) is 5.78 Å². The van der Waals surface area contributed by atoms with Gasteiger partial charge >= 0.3 is 0 Å². The zero-order valence-electron chi connectivity index (χ0n) is 18.8. The average Bonchev–Trinajstić information content (AvgIpc) is 3.13. The Morgan fingerprint density at radius 1 is 1.21 bits per heavy atom. The van der Waals surface area contributed by atoms with Crippen LogP contribution in [0.15, 0.2) is 41.5 Å². The molecule has 2 spiro atoms. The van der Waals surface area contributed by atoms with Crippen molar-refractivity contribution in [3.8, 4) is 11.5 Å². The smallest absolute Gasteiger partial charge is 0.283 e. The van der Waals surface area contributed by atoms with E-state index in [9.17, 15) is 13.6 Å². The molecule has 5 rings (SSSR count). The maximum atomic E-state index is 12.9. The summed E-state index contributed by atoms with van der Waals surface area (Å²) >= 11 is 0.